The zero-order chi connectivity index (χ0) is 18.5. The van der Waals surface area contributed by atoms with E-state index in [0.29, 0.717) is 30.5 Å². The van der Waals surface area contributed by atoms with E-state index in [2.05, 4.69) is 9.97 Å². The summed E-state index contributed by atoms with van der Waals surface area (Å²) < 4.78 is 52.7. The highest BCUT2D eigenvalue weighted by Gasteiger charge is 2.35. The van der Waals surface area contributed by atoms with Gasteiger partial charge in [0.1, 0.15) is 11.6 Å². The fourth-order valence-electron chi connectivity index (χ4n) is 3.38. The van der Waals surface area contributed by atoms with Gasteiger partial charge in [-0.25, -0.2) is 9.37 Å². The van der Waals surface area contributed by atoms with Crippen molar-refractivity contribution in [3.8, 4) is 0 Å². The minimum absolute atomic E-state index is 0.00124. The third-order valence-electron chi connectivity index (χ3n) is 4.90. The second kappa shape index (κ2) is 6.19. The second-order valence-electron chi connectivity index (χ2n) is 6.91. The first-order valence-corrected chi connectivity index (χ1v) is 8.51. The summed E-state index contributed by atoms with van der Waals surface area (Å²) in [5.41, 5.74) is 0.0656. The summed E-state index contributed by atoms with van der Waals surface area (Å²) >= 11 is 0. The van der Waals surface area contributed by atoms with Crippen LogP contribution in [0.25, 0.3) is 0 Å². The number of H-pyrrole nitrogens is 1. The monoisotopic (exact) mass is 367 g/mol. The summed E-state index contributed by atoms with van der Waals surface area (Å²) in [5, 5.41) is 0. The van der Waals surface area contributed by atoms with Crippen LogP contribution in [0.4, 0.5) is 17.6 Å². The van der Waals surface area contributed by atoms with Crippen LogP contribution in [0.1, 0.15) is 47.0 Å². The second-order valence-corrected chi connectivity index (χ2v) is 6.91. The molecule has 2 heterocycles. The van der Waals surface area contributed by atoms with Gasteiger partial charge in [-0.15, -0.1) is 0 Å². The third-order valence-corrected chi connectivity index (χ3v) is 4.90. The molecule has 1 N–H and O–H groups in total. The maximum Gasteiger partial charge on any atom is 0.416 e. The highest BCUT2D eigenvalue weighted by atomic mass is 19.4. The highest BCUT2D eigenvalue weighted by molar-refractivity contribution is 5.31. The number of aromatic nitrogens is 2. The van der Waals surface area contributed by atoms with E-state index in [4.69, 9.17) is 0 Å². The number of aromatic amines is 1. The summed E-state index contributed by atoms with van der Waals surface area (Å²) in [6, 6.07) is 2.70. The molecular formula is C18H17F4N3O. The third kappa shape index (κ3) is 3.38. The number of alkyl halides is 3. The Morgan fingerprint density at radius 1 is 1.27 bits per heavy atom. The van der Waals surface area contributed by atoms with E-state index in [-0.39, 0.29) is 24.2 Å². The largest absolute Gasteiger partial charge is 0.416 e. The molecule has 2 aliphatic rings. The Balaban J connectivity index is 1.58. The first-order chi connectivity index (χ1) is 12.3. The summed E-state index contributed by atoms with van der Waals surface area (Å²) in [7, 11) is 0. The zero-order valence-corrected chi connectivity index (χ0v) is 13.9. The van der Waals surface area contributed by atoms with Crippen molar-refractivity contribution < 1.29 is 17.6 Å². The lowest BCUT2D eigenvalue weighted by molar-refractivity contribution is -0.138. The molecule has 0 spiro atoms. The van der Waals surface area contributed by atoms with Crippen LogP contribution in [0.5, 0.6) is 0 Å². The van der Waals surface area contributed by atoms with Gasteiger partial charge in [0.2, 0.25) is 0 Å². The van der Waals surface area contributed by atoms with Crippen LogP contribution in [0.15, 0.2) is 23.0 Å². The van der Waals surface area contributed by atoms with Crippen LogP contribution < -0.4 is 5.56 Å². The molecule has 0 saturated heterocycles. The summed E-state index contributed by atoms with van der Waals surface area (Å²) in [4.78, 5) is 21.4. The van der Waals surface area contributed by atoms with E-state index in [9.17, 15) is 22.4 Å². The number of fused-ring (bicyclic) bond motifs is 1. The smallest absolute Gasteiger partial charge is 0.310 e. The molecule has 1 fully saturated rings. The molecule has 0 radical (unpaired) electrons. The van der Waals surface area contributed by atoms with Gasteiger partial charge in [0.05, 0.1) is 16.8 Å². The number of benzene rings is 1. The van der Waals surface area contributed by atoms with Crippen LogP contribution in [-0.2, 0) is 25.7 Å². The van der Waals surface area contributed by atoms with E-state index >= 15 is 0 Å². The minimum atomic E-state index is -4.62. The summed E-state index contributed by atoms with van der Waals surface area (Å²) in [6.07, 6.45) is -2.05. The first-order valence-electron chi connectivity index (χ1n) is 8.51. The van der Waals surface area contributed by atoms with Crippen molar-refractivity contribution in [2.24, 2.45) is 0 Å². The molecule has 1 aromatic heterocycles. The Hall–Kier alpha value is -2.22. The quantitative estimate of drug-likeness (QED) is 0.847. The molecule has 4 rings (SSSR count). The fraction of sp³-hybridized carbons (Fsp3) is 0.444. The molecule has 2 aromatic rings. The molecule has 4 nitrogen and oxygen atoms in total. The molecule has 0 atom stereocenters. The normalized spacial score (nSPS) is 18.0. The average molecular weight is 367 g/mol. The van der Waals surface area contributed by atoms with Crippen molar-refractivity contribution in [1.82, 2.24) is 14.9 Å². The van der Waals surface area contributed by atoms with Gasteiger partial charge in [-0.1, -0.05) is 6.07 Å². The lowest BCUT2D eigenvalue weighted by Crippen LogP contribution is -2.36. The van der Waals surface area contributed by atoms with Gasteiger partial charge in [0.25, 0.3) is 5.56 Å². The Morgan fingerprint density at radius 2 is 2.04 bits per heavy atom. The molecule has 0 unspecified atom stereocenters. The Bertz CT molecular complexity index is 902. The fourth-order valence-corrected chi connectivity index (χ4v) is 3.38. The van der Waals surface area contributed by atoms with Gasteiger partial charge in [0.15, 0.2) is 0 Å². The summed E-state index contributed by atoms with van der Waals surface area (Å²) in [6.45, 7) is 0.734. The van der Waals surface area contributed by atoms with Gasteiger partial charge in [0, 0.05) is 32.0 Å². The molecule has 26 heavy (non-hydrogen) atoms. The van der Waals surface area contributed by atoms with E-state index in [0.717, 1.165) is 36.5 Å². The maximum absolute atomic E-state index is 13.2. The standard InChI is InChI=1S/C18H17F4N3O/c19-12-4-3-11(14(7-12)18(20,21)22)8-25-6-5-15-13(9-25)17(26)24-16(23-15)10-1-2-10/h3-4,7,10H,1-2,5-6,8-9H2,(H,23,24,26). The first kappa shape index (κ1) is 17.2. The number of nitrogens with zero attached hydrogens (tertiary/aromatic N) is 2. The van der Waals surface area contributed by atoms with Crippen molar-refractivity contribution in [2.45, 2.75) is 44.4 Å². The Kier molecular flexibility index (Phi) is 4.10. The minimum Gasteiger partial charge on any atom is -0.310 e. The molecule has 1 aromatic carbocycles. The molecular weight excluding hydrogens is 350 g/mol. The van der Waals surface area contributed by atoms with E-state index < -0.39 is 17.6 Å². The molecule has 138 valence electrons. The van der Waals surface area contributed by atoms with Crippen LogP contribution in [0.3, 0.4) is 0 Å². The number of rotatable bonds is 3. The Labute approximate surface area is 146 Å². The van der Waals surface area contributed by atoms with Crippen molar-refractivity contribution in [2.75, 3.05) is 6.54 Å². The van der Waals surface area contributed by atoms with Crippen molar-refractivity contribution in [1.29, 1.82) is 0 Å². The molecule has 0 bridgehead atoms. The lowest BCUT2D eigenvalue weighted by Gasteiger charge is -2.28. The highest BCUT2D eigenvalue weighted by Crippen LogP contribution is 2.38. The molecule has 8 heteroatoms. The number of hydrogen-bond donors (Lipinski definition) is 1. The summed E-state index contributed by atoms with van der Waals surface area (Å²) in [5.74, 6) is 0.137. The van der Waals surface area contributed by atoms with E-state index in [1.807, 2.05) is 0 Å². The molecule has 1 aliphatic carbocycles. The predicted molar refractivity (Wildman–Crippen MR) is 86.1 cm³/mol. The molecule has 1 saturated carbocycles. The average Bonchev–Trinajstić information content (AvgIpc) is 3.41. The van der Waals surface area contributed by atoms with Crippen LogP contribution in [0, 0.1) is 5.82 Å². The lowest BCUT2D eigenvalue weighted by atomic mass is 10.0. The van der Waals surface area contributed by atoms with Crippen molar-refractivity contribution >= 4 is 0 Å². The predicted octanol–water partition coefficient (Wildman–Crippen LogP) is 3.36. The van der Waals surface area contributed by atoms with E-state index in [1.54, 1.807) is 4.90 Å². The topological polar surface area (TPSA) is 49.0 Å². The number of nitrogens with one attached hydrogen (secondary N) is 1. The molecule has 0 amide bonds. The number of halogens is 4. The van der Waals surface area contributed by atoms with Gasteiger partial charge in [-0.05, 0) is 30.5 Å². The van der Waals surface area contributed by atoms with Gasteiger partial charge in [-0.3, -0.25) is 9.69 Å². The SMILES string of the molecule is O=c1[nH]c(C2CC2)nc2c1CN(Cc1ccc(F)cc1C(F)(F)F)CC2. The molecule has 1 aliphatic heterocycles. The van der Waals surface area contributed by atoms with Crippen LogP contribution in [0.2, 0.25) is 0 Å². The van der Waals surface area contributed by atoms with E-state index in [1.165, 1.54) is 0 Å². The van der Waals surface area contributed by atoms with Crippen LogP contribution in [-0.4, -0.2) is 21.4 Å². The maximum atomic E-state index is 13.2. The van der Waals surface area contributed by atoms with Crippen LogP contribution >= 0.6 is 0 Å². The van der Waals surface area contributed by atoms with Crippen molar-refractivity contribution in [3.05, 3.63) is 62.6 Å². The van der Waals surface area contributed by atoms with Gasteiger partial charge in [-0.2, -0.15) is 13.2 Å². The van der Waals surface area contributed by atoms with Gasteiger partial charge >= 0.3 is 6.18 Å². The Morgan fingerprint density at radius 3 is 2.73 bits per heavy atom. The zero-order valence-electron chi connectivity index (χ0n) is 13.9. The number of hydrogen-bond acceptors (Lipinski definition) is 3. The van der Waals surface area contributed by atoms with Gasteiger partial charge < -0.3 is 4.98 Å². The van der Waals surface area contributed by atoms with Crippen molar-refractivity contribution in [3.63, 3.8) is 0 Å².